The van der Waals surface area contributed by atoms with Gasteiger partial charge >= 0.3 is 0 Å². The third kappa shape index (κ3) is 5.51. The number of hydrogen-bond acceptors (Lipinski definition) is 7. The van der Waals surface area contributed by atoms with Gasteiger partial charge in [0, 0.05) is 31.0 Å². The number of thiazole rings is 1. The van der Waals surface area contributed by atoms with Gasteiger partial charge in [0.25, 0.3) is 5.91 Å². The summed E-state index contributed by atoms with van der Waals surface area (Å²) in [7, 11) is 0. The summed E-state index contributed by atoms with van der Waals surface area (Å²) in [6.07, 6.45) is 0. The first kappa shape index (κ1) is 23.0. The number of benzene rings is 3. The minimum absolute atomic E-state index is 0.184. The molecule has 7 nitrogen and oxygen atoms in total. The highest BCUT2D eigenvalue weighted by Gasteiger charge is 2.17. The Balaban J connectivity index is 1.29. The summed E-state index contributed by atoms with van der Waals surface area (Å²) in [5, 5.41) is 9.93. The van der Waals surface area contributed by atoms with E-state index in [9.17, 15) is 4.79 Å². The van der Waals surface area contributed by atoms with Crippen molar-refractivity contribution in [3.8, 4) is 0 Å². The SMILES string of the molecule is C=C(Nc1sc(Nc2ccc3ccccc3c2)nc1C(N)=O)c1ccc(CN2CCOCC2)cc1. The molecule has 0 saturated carbocycles. The van der Waals surface area contributed by atoms with E-state index in [1.807, 2.05) is 42.5 Å². The van der Waals surface area contributed by atoms with E-state index in [-0.39, 0.29) is 5.69 Å². The van der Waals surface area contributed by atoms with E-state index in [0.717, 1.165) is 54.9 Å². The molecule has 1 amide bonds. The fraction of sp³-hybridized carbons (Fsp3) is 0.185. The first-order valence-electron chi connectivity index (χ1n) is 11.5. The normalized spacial score (nSPS) is 14.1. The highest BCUT2D eigenvalue weighted by molar-refractivity contribution is 7.20. The summed E-state index contributed by atoms with van der Waals surface area (Å²) in [6, 6.07) is 22.5. The Morgan fingerprint density at radius 2 is 1.80 bits per heavy atom. The van der Waals surface area contributed by atoms with Crippen LogP contribution >= 0.6 is 11.3 Å². The molecule has 1 aliphatic heterocycles. The second-order valence-electron chi connectivity index (χ2n) is 8.44. The van der Waals surface area contributed by atoms with Crippen LogP contribution < -0.4 is 16.4 Å². The van der Waals surface area contributed by atoms with Crippen LogP contribution in [0.2, 0.25) is 0 Å². The minimum Gasteiger partial charge on any atom is -0.379 e. The van der Waals surface area contributed by atoms with Crippen molar-refractivity contribution in [3.05, 3.63) is 90.1 Å². The molecule has 4 N–H and O–H groups in total. The largest absolute Gasteiger partial charge is 0.379 e. The first-order chi connectivity index (χ1) is 17.0. The lowest BCUT2D eigenvalue weighted by Gasteiger charge is -2.26. The lowest BCUT2D eigenvalue weighted by atomic mass is 10.1. The number of nitrogens with two attached hydrogens (primary N) is 1. The van der Waals surface area contributed by atoms with Crippen LogP contribution in [0.15, 0.2) is 73.3 Å². The molecule has 1 aromatic heterocycles. The zero-order valence-corrected chi connectivity index (χ0v) is 20.1. The molecule has 178 valence electrons. The number of nitrogens with one attached hydrogen (secondary N) is 2. The molecule has 0 aliphatic carbocycles. The van der Waals surface area contributed by atoms with Crippen LogP contribution in [-0.2, 0) is 11.3 Å². The van der Waals surface area contributed by atoms with Crippen LogP contribution in [0.1, 0.15) is 21.6 Å². The summed E-state index contributed by atoms with van der Waals surface area (Å²) < 4.78 is 5.42. The third-order valence-corrected chi connectivity index (χ3v) is 6.82. The monoisotopic (exact) mass is 485 g/mol. The van der Waals surface area contributed by atoms with Gasteiger partial charge in [0.05, 0.1) is 13.2 Å². The zero-order valence-electron chi connectivity index (χ0n) is 19.3. The number of hydrogen-bond donors (Lipinski definition) is 3. The number of nitrogens with zero attached hydrogens (tertiary/aromatic N) is 2. The Kier molecular flexibility index (Phi) is 6.76. The topological polar surface area (TPSA) is 92.5 Å². The van der Waals surface area contributed by atoms with Gasteiger partial charge in [0.2, 0.25) is 0 Å². The van der Waals surface area contributed by atoms with Crippen LogP contribution in [0.4, 0.5) is 15.8 Å². The maximum absolute atomic E-state index is 12.1. The third-order valence-electron chi connectivity index (χ3n) is 5.94. The van der Waals surface area contributed by atoms with Crippen LogP contribution in [0, 0.1) is 0 Å². The van der Waals surface area contributed by atoms with E-state index in [1.165, 1.54) is 16.9 Å². The Morgan fingerprint density at radius 1 is 1.06 bits per heavy atom. The second kappa shape index (κ2) is 10.3. The number of carbonyl (C=O) groups excluding carboxylic acids is 1. The van der Waals surface area contributed by atoms with Gasteiger partial charge in [-0.2, -0.15) is 0 Å². The molecule has 35 heavy (non-hydrogen) atoms. The maximum Gasteiger partial charge on any atom is 0.270 e. The van der Waals surface area contributed by atoms with E-state index in [1.54, 1.807) is 0 Å². The predicted octanol–water partition coefficient (Wildman–Crippen LogP) is 5.05. The molecule has 0 radical (unpaired) electrons. The van der Waals surface area contributed by atoms with Crippen molar-refractivity contribution in [3.63, 3.8) is 0 Å². The minimum atomic E-state index is -0.594. The van der Waals surface area contributed by atoms with Gasteiger partial charge in [-0.05, 0) is 34.0 Å². The molecule has 8 heteroatoms. The molecule has 4 aromatic rings. The highest BCUT2D eigenvalue weighted by atomic mass is 32.1. The summed E-state index contributed by atoms with van der Waals surface area (Å²) in [6.45, 7) is 8.53. The van der Waals surface area contributed by atoms with Crippen molar-refractivity contribution in [2.45, 2.75) is 6.54 Å². The van der Waals surface area contributed by atoms with Crippen molar-refractivity contribution < 1.29 is 9.53 Å². The van der Waals surface area contributed by atoms with E-state index >= 15 is 0 Å². The molecule has 0 spiro atoms. The molecule has 1 saturated heterocycles. The summed E-state index contributed by atoms with van der Waals surface area (Å²) >= 11 is 1.32. The van der Waals surface area contributed by atoms with E-state index < -0.39 is 5.91 Å². The Bertz CT molecular complexity index is 1360. The molecule has 0 unspecified atom stereocenters. The lowest BCUT2D eigenvalue weighted by molar-refractivity contribution is 0.0342. The number of primary amides is 1. The number of anilines is 3. The van der Waals surface area contributed by atoms with Crippen LogP contribution in [0.3, 0.4) is 0 Å². The summed E-state index contributed by atoms with van der Waals surface area (Å²) in [4.78, 5) is 18.9. The molecule has 1 aliphatic rings. The number of fused-ring (bicyclic) bond motifs is 1. The molecular formula is C27H27N5O2S. The Labute approximate surface area is 208 Å². The Morgan fingerprint density at radius 3 is 2.54 bits per heavy atom. The smallest absolute Gasteiger partial charge is 0.270 e. The molecule has 0 atom stereocenters. The molecule has 2 heterocycles. The van der Waals surface area contributed by atoms with Gasteiger partial charge in [0.1, 0.15) is 5.00 Å². The van der Waals surface area contributed by atoms with Gasteiger partial charge in [-0.25, -0.2) is 4.98 Å². The fourth-order valence-corrected chi connectivity index (χ4v) is 4.97. The van der Waals surface area contributed by atoms with E-state index in [0.29, 0.717) is 15.8 Å². The molecule has 0 bridgehead atoms. The standard InChI is InChI=1S/C27H27N5O2S/c1-18(20-8-6-19(7-9-20)17-32-12-14-34-15-13-32)29-26-24(25(28)33)31-27(35-26)30-23-11-10-21-4-2-3-5-22(21)16-23/h2-11,16,29H,1,12-15,17H2,(H2,28,33)(H,30,31). The van der Waals surface area contributed by atoms with Gasteiger partial charge in [0.15, 0.2) is 10.8 Å². The van der Waals surface area contributed by atoms with Crippen LogP contribution in [-0.4, -0.2) is 42.1 Å². The van der Waals surface area contributed by atoms with Gasteiger partial charge < -0.3 is 21.1 Å². The molecular weight excluding hydrogens is 458 g/mol. The second-order valence-corrected chi connectivity index (χ2v) is 9.44. The number of ether oxygens (including phenoxy) is 1. The molecule has 1 fully saturated rings. The number of rotatable bonds is 8. The lowest BCUT2D eigenvalue weighted by Crippen LogP contribution is -2.35. The average Bonchev–Trinajstić information content (AvgIpc) is 3.27. The quantitative estimate of drug-likeness (QED) is 0.323. The van der Waals surface area contributed by atoms with E-state index in [4.69, 9.17) is 10.5 Å². The highest BCUT2D eigenvalue weighted by Crippen LogP contribution is 2.33. The van der Waals surface area contributed by atoms with Gasteiger partial charge in [-0.3, -0.25) is 9.69 Å². The maximum atomic E-state index is 12.1. The summed E-state index contributed by atoms with van der Waals surface area (Å²) in [5.41, 5.74) is 9.52. The van der Waals surface area contributed by atoms with Crippen molar-refractivity contribution in [2.24, 2.45) is 5.73 Å². The Hall–Kier alpha value is -3.72. The fourth-order valence-electron chi connectivity index (χ4n) is 4.05. The van der Waals surface area contributed by atoms with Crippen molar-refractivity contribution in [1.82, 2.24) is 9.88 Å². The van der Waals surface area contributed by atoms with E-state index in [2.05, 4.69) is 51.4 Å². The van der Waals surface area contributed by atoms with Crippen molar-refractivity contribution >= 4 is 49.5 Å². The van der Waals surface area contributed by atoms with Crippen molar-refractivity contribution in [1.29, 1.82) is 0 Å². The number of carbonyl (C=O) groups is 1. The van der Waals surface area contributed by atoms with Crippen LogP contribution in [0.5, 0.6) is 0 Å². The van der Waals surface area contributed by atoms with Gasteiger partial charge in [-0.1, -0.05) is 72.5 Å². The number of amides is 1. The molecule has 3 aromatic carbocycles. The molecule has 5 rings (SSSR count). The predicted molar refractivity (Wildman–Crippen MR) is 143 cm³/mol. The number of aromatic nitrogens is 1. The number of morpholine rings is 1. The van der Waals surface area contributed by atoms with Crippen LogP contribution in [0.25, 0.3) is 16.5 Å². The summed E-state index contributed by atoms with van der Waals surface area (Å²) in [5.74, 6) is -0.594. The average molecular weight is 486 g/mol. The van der Waals surface area contributed by atoms with Crippen molar-refractivity contribution in [2.75, 3.05) is 36.9 Å². The van der Waals surface area contributed by atoms with Gasteiger partial charge in [-0.15, -0.1) is 0 Å². The zero-order chi connectivity index (χ0) is 24.2. The first-order valence-corrected chi connectivity index (χ1v) is 12.3.